The Morgan fingerprint density at radius 1 is 1.17 bits per heavy atom. The van der Waals surface area contributed by atoms with Gasteiger partial charge in [-0.05, 0) is 31.3 Å². The standard InChI is InChI=1S/C14H11N3S/c1-9-8-12(17-14(18)16-9)11-6-2-4-10-5-3-7-15-13(10)11/h2-8H,1H3,(H,16,17,18). The van der Waals surface area contributed by atoms with E-state index in [1.54, 1.807) is 6.20 Å². The number of para-hydroxylation sites is 1. The third-order valence-corrected chi connectivity index (χ3v) is 2.98. The molecule has 0 atom stereocenters. The van der Waals surface area contributed by atoms with E-state index < -0.39 is 0 Å². The lowest BCUT2D eigenvalue weighted by molar-refractivity contribution is 1.08. The molecule has 0 radical (unpaired) electrons. The molecule has 4 heteroatoms. The molecule has 0 bridgehead atoms. The molecule has 1 aromatic carbocycles. The van der Waals surface area contributed by atoms with Crippen molar-refractivity contribution in [3.63, 3.8) is 0 Å². The molecule has 2 heterocycles. The van der Waals surface area contributed by atoms with E-state index in [0.29, 0.717) is 4.77 Å². The summed E-state index contributed by atoms with van der Waals surface area (Å²) >= 11 is 5.12. The molecule has 3 aromatic rings. The molecule has 0 unspecified atom stereocenters. The molecule has 0 aliphatic carbocycles. The number of aromatic amines is 1. The van der Waals surface area contributed by atoms with Gasteiger partial charge in [-0.1, -0.05) is 24.3 Å². The van der Waals surface area contributed by atoms with E-state index in [1.807, 2.05) is 43.3 Å². The van der Waals surface area contributed by atoms with Crippen LogP contribution in [0.3, 0.4) is 0 Å². The fourth-order valence-corrected chi connectivity index (χ4v) is 2.29. The highest BCUT2D eigenvalue weighted by molar-refractivity contribution is 7.71. The lowest BCUT2D eigenvalue weighted by Gasteiger charge is -2.05. The minimum absolute atomic E-state index is 0.498. The lowest BCUT2D eigenvalue weighted by Crippen LogP contribution is -1.92. The van der Waals surface area contributed by atoms with Gasteiger partial charge in [0, 0.05) is 22.8 Å². The highest BCUT2D eigenvalue weighted by Gasteiger charge is 2.06. The van der Waals surface area contributed by atoms with Crippen LogP contribution < -0.4 is 0 Å². The van der Waals surface area contributed by atoms with Crippen LogP contribution in [0.1, 0.15) is 5.69 Å². The molecule has 2 aromatic heterocycles. The van der Waals surface area contributed by atoms with Crippen LogP contribution in [0, 0.1) is 11.7 Å². The fraction of sp³-hybridized carbons (Fsp3) is 0.0714. The van der Waals surface area contributed by atoms with Crippen molar-refractivity contribution < 1.29 is 0 Å². The minimum Gasteiger partial charge on any atom is -0.335 e. The second-order valence-corrected chi connectivity index (χ2v) is 4.52. The summed E-state index contributed by atoms with van der Waals surface area (Å²) in [6.07, 6.45) is 1.79. The van der Waals surface area contributed by atoms with Gasteiger partial charge in [-0.3, -0.25) is 4.98 Å². The number of H-pyrrole nitrogens is 1. The number of rotatable bonds is 1. The Balaban J connectivity index is 2.34. The second-order valence-electron chi connectivity index (χ2n) is 4.14. The van der Waals surface area contributed by atoms with Gasteiger partial charge in [0.25, 0.3) is 0 Å². The Morgan fingerprint density at radius 3 is 2.83 bits per heavy atom. The Hall–Kier alpha value is -2.07. The van der Waals surface area contributed by atoms with Crippen LogP contribution in [0.5, 0.6) is 0 Å². The molecular formula is C14H11N3S. The van der Waals surface area contributed by atoms with Crippen LogP contribution in [0.2, 0.25) is 0 Å². The molecule has 3 rings (SSSR count). The number of nitrogens with one attached hydrogen (secondary N) is 1. The van der Waals surface area contributed by atoms with Crippen molar-refractivity contribution in [1.82, 2.24) is 15.0 Å². The normalized spacial score (nSPS) is 10.7. The zero-order chi connectivity index (χ0) is 12.5. The number of nitrogens with zero attached hydrogens (tertiary/aromatic N) is 2. The van der Waals surface area contributed by atoms with Crippen LogP contribution in [0.15, 0.2) is 42.6 Å². The Bertz CT molecular complexity index is 772. The average Bonchev–Trinajstić information content (AvgIpc) is 2.37. The fourth-order valence-electron chi connectivity index (χ4n) is 2.03. The monoisotopic (exact) mass is 253 g/mol. The summed E-state index contributed by atoms with van der Waals surface area (Å²) < 4.78 is 0.498. The van der Waals surface area contributed by atoms with Crippen molar-refractivity contribution in [2.24, 2.45) is 0 Å². The Morgan fingerprint density at radius 2 is 2.00 bits per heavy atom. The topological polar surface area (TPSA) is 41.6 Å². The van der Waals surface area contributed by atoms with Gasteiger partial charge in [0.1, 0.15) is 0 Å². The Kier molecular flexibility index (Phi) is 2.64. The van der Waals surface area contributed by atoms with Crippen molar-refractivity contribution in [3.8, 4) is 11.3 Å². The molecular weight excluding hydrogens is 242 g/mol. The summed E-state index contributed by atoms with van der Waals surface area (Å²) in [7, 11) is 0. The molecule has 88 valence electrons. The maximum absolute atomic E-state index is 5.12. The molecule has 0 fully saturated rings. The number of hydrogen-bond acceptors (Lipinski definition) is 3. The molecule has 0 amide bonds. The van der Waals surface area contributed by atoms with Crippen molar-refractivity contribution in [3.05, 3.63) is 53.1 Å². The first kappa shape index (κ1) is 11.0. The minimum atomic E-state index is 0.498. The third kappa shape index (κ3) is 1.91. The predicted octanol–water partition coefficient (Wildman–Crippen LogP) is 3.66. The van der Waals surface area contributed by atoms with Gasteiger partial charge in [-0.2, -0.15) is 0 Å². The number of aromatic nitrogens is 3. The summed E-state index contributed by atoms with van der Waals surface area (Å²) in [5.74, 6) is 0. The SMILES string of the molecule is Cc1cc(-c2cccc3cccnc23)nc(=S)[nH]1. The van der Waals surface area contributed by atoms with Crippen molar-refractivity contribution >= 4 is 23.1 Å². The lowest BCUT2D eigenvalue weighted by atomic mass is 10.1. The van der Waals surface area contributed by atoms with E-state index in [0.717, 1.165) is 27.9 Å². The van der Waals surface area contributed by atoms with Gasteiger partial charge >= 0.3 is 0 Å². The number of aryl methyl sites for hydroxylation is 1. The van der Waals surface area contributed by atoms with E-state index in [1.165, 1.54) is 0 Å². The quantitative estimate of drug-likeness (QED) is 0.673. The third-order valence-electron chi connectivity index (χ3n) is 2.79. The number of hydrogen-bond donors (Lipinski definition) is 1. The van der Waals surface area contributed by atoms with Gasteiger partial charge in [-0.25, -0.2) is 4.98 Å². The largest absolute Gasteiger partial charge is 0.335 e. The van der Waals surface area contributed by atoms with E-state index in [4.69, 9.17) is 12.2 Å². The van der Waals surface area contributed by atoms with Crippen molar-refractivity contribution in [2.75, 3.05) is 0 Å². The van der Waals surface area contributed by atoms with Crippen LogP contribution in [-0.4, -0.2) is 15.0 Å². The molecule has 0 saturated carbocycles. The smallest absolute Gasteiger partial charge is 0.197 e. The average molecular weight is 253 g/mol. The molecule has 0 aliphatic heterocycles. The van der Waals surface area contributed by atoms with Crippen LogP contribution in [-0.2, 0) is 0 Å². The molecule has 18 heavy (non-hydrogen) atoms. The van der Waals surface area contributed by atoms with E-state index in [-0.39, 0.29) is 0 Å². The first-order valence-electron chi connectivity index (χ1n) is 5.66. The van der Waals surface area contributed by atoms with E-state index in [2.05, 4.69) is 15.0 Å². The molecule has 0 aliphatic rings. The molecule has 0 spiro atoms. The summed E-state index contributed by atoms with van der Waals surface area (Å²) in [6.45, 7) is 1.97. The van der Waals surface area contributed by atoms with Crippen molar-refractivity contribution in [2.45, 2.75) is 6.92 Å². The zero-order valence-corrected chi connectivity index (χ0v) is 10.7. The van der Waals surface area contributed by atoms with E-state index >= 15 is 0 Å². The zero-order valence-electron chi connectivity index (χ0n) is 9.84. The van der Waals surface area contributed by atoms with E-state index in [9.17, 15) is 0 Å². The van der Waals surface area contributed by atoms with Crippen LogP contribution in [0.4, 0.5) is 0 Å². The number of benzene rings is 1. The molecule has 1 N–H and O–H groups in total. The molecule has 3 nitrogen and oxygen atoms in total. The number of fused-ring (bicyclic) bond motifs is 1. The van der Waals surface area contributed by atoms with Gasteiger partial charge < -0.3 is 4.98 Å². The highest BCUT2D eigenvalue weighted by atomic mass is 32.1. The van der Waals surface area contributed by atoms with Crippen LogP contribution in [0.25, 0.3) is 22.2 Å². The first-order valence-corrected chi connectivity index (χ1v) is 6.07. The van der Waals surface area contributed by atoms with Gasteiger partial charge in [0.05, 0.1) is 11.2 Å². The summed E-state index contributed by atoms with van der Waals surface area (Å²) in [5, 5.41) is 1.10. The van der Waals surface area contributed by atoms with Gasteiger partial charge in [-0.15, -0.1) is 0 Å². The van der Waals surface area contributed by atoms with Crippen LogP contribution >= 0.6 is 12.2 Å². The summed E-state index contributed by atoms with van der Waals surface area (Å²) in [4.78, 5) is 11.8. The van der Waals surface area contributed by atoms with Gasteiger partial charge in [0.15, 0.2) is 4.77 Å². The van der Waals surface area contributed by atoms with Crippen molar-refractivity contribution in [1.29, 1.82) is 0 Å². The molecule has 0 saturated heterocycles. The van der Waals surface area contributed by atoms with Gasteiger partial charge in [0.2, 0.25) is 0 Å². The first-order chi connectivity index (χ1) is 8.74. The summed E-state index contributed by atoms with van der Waals surface area (Å²) in [6, 6.07) is 12.0. The maximum atomic E-state index is 5.12. The predicted molar refractivity (Wildman–Crippen MR) is 74.9 cm³/mol. The summed E-state index contributed by atoms with van der Waals surface area (Å²) in [5.41, 5.74) is 3.82. The Labute approximate surface area is 110 Å². The second kappa shape index (κ2) is 4.31. The number of pyridine rings is 1. The highest BCUT2D eigenvalue weighted by Crippen LogP contribution is 2.25. The maximum Gasteiger partial charge on any atom is 0.197 e.